The lowest BCUT2D eigenvalue weighted by molar-refractivity contribution is 0.211. The fourth-order valence-corrected chi connectivity index (χ4v) is 2.15. The molecular weight excluding hydrogens is 239 g/mol. The highest BCUT2D eigenvalue weighted by Gasteiger charge is 2.08. The summed E-state index contributed by atoms with van der Waals surface area (Å²) >= 11 is 1.46. The molecule has 1 N–H and O–H groups in total. The molecule has 1 aromatic heterocycles. The number of nitrogens with one attached hydrogen (secondary N) is 1. The molecule has 1 aromatic carbocycles. The van der Waals surface area contributed by atoms with Gasteiger partial charge in [0.2, 0.25) is 0 Å². The molecule has 0 radical (unpaired) electrons. The zero-order valence-corrected chi connectivity index (χ0v) is 10.3. The molecule has 0 aliphatic rings. The lowest BCUT2D eigenvalue weighted by Gasteiger charge is -2.00. The lowest BCUT2D eigenvalue weighted by Crippen LogP contribution is -2.07. The quantitative estimate of drug-likeness (QED) is 0.831. The zero-order chi connectivity index (χ0) is 12.1. The van der Waals surface area contributed by atoms with Crippen molar-refractivity contribution in [3.05, 3.63) is 35.5 Å². The number of thiazole rings is 1. The Labute approximate surface area is 103 Å². The molecule has 2 rings (SSSR count). The van der Waals surface area contributed by atoms with Crippen LogP contribution in [0.3, 0.4) is 0 Å². The molecule has 5 heteroatoms. The largest absolute Gasteiger partial charge is 0.383 e. The minimum absolute atomic E-state index is 0.249. The van der Waals surface area contributed by atoms with E-state index in [9.17, 15) is 4.39 Å². The summed E-state index contributed by atoms with van der Waals surface area (Å²) in [6, 6.07) is 6.63. The molecule has 0 saturated heterocycles. The van der Waals surface area contributed by atoms with E-state index in [0.29, 0.717) is 24.4 Å². The summed E-state index contributed by atoms with van der Waals surface area (Å²) in [6.07, 6.45) is 0. The fraction of sp³-hybridized carbons (Fsp3) is 0.250. The van der Waals surface area contributed by atoms with Crippen molar-refractivity contribution in [3.8, 4) is 11.3 Å². The highest BCUT2D eigenvalue weighted by atomic mass is 32.1. The smallest absolute Gasteiger partial charge is 0.183 e. The van der Waals surface area contributed by atoms with Gasteiger partial charge < -0.3 is 10.1 Å². The van der Waals surface area contributed by atoms with E-state index in [-0.39, 0.29) is 5.82 Å². The maximum atomic E-state index is 13.5. The van der Waals surface area contributed by atoms with E-state index in [1.807, 2.05) is 5.38 Å². The van der Waals surface area contributed by atoms with Crippen molar-refractivity contribution in [2.75, 3.05) is 25.6 Å². The average molecular weight is 252 g/mol. The van der Waals surface area contributed by atoms with E-state index in [1.54, 1.807) is 25.3 Å². The summed E-state index contributed by atoms with van der Waals surface area (Å²) < 4.78 is 18.4. The molecule has 3 nitrogen and oxygen atoms in total. The third-order valence-electron chi connectivity index (χ3n) is 2.24. The van der Waals surface area contributed by atoms with Crippen LogP contribution >= 0.6 is 11.3 Å². The van der Waals surface area contributed by atoms with Gasteiger partial charge in [-0.1, -0.05) is 12.1 Å². The number of benzene rings is 1. The Morgan fingerprint density at radius 2 is 2.24 bits per heavy atom. The van der Waals surface area contributed by atoms with Gasteiger partial charge in [-0.2, -0.15) is 0 Å². The second-order valence-electron chi connectivity index (χ2n) is 3.44. The number of aromatic nitrogens is 1. The molecule has 0 aliphatic carbocycles. The van der Waals surface area contributed by atoms with E-state index in [1.165, 1.54) is 17.4 Å². The first-order valence-electron chi connectivity index (χ1n) is 5.24. The van der Waals surface area contributed by atoms with Crippen LogP contribution < -0.4 is 5.32 Å². The van der Waals surface area contributed by atoms with Crippen molar-refractivity contribution in [1.82, 2.24) is 4.98 Å². The number of methoxy groups -OCH3 is 1. The van der Waals surface area contributed by atoms with E-state index in [0.717, 1.165) is 5.13 Å². The predicted octanol–water partition coefficient (Wildman–Crippen LogP) is 3.01. The fourth-order valence-electron chi connectivity index (χ4n) is 1.41. The molecular formula is C12H13FN2OS. The molecule has 0 saturated carbocycles. The molecule has 0 unspecified atom stereocenters. The Bertz CT molecular complexity index is 487. The summed E-state index contributed by atoms with van der Waals surface area (Å²) in [7, 11) is 1.65. The average Bonchev–Trinajstić information content (AvgIpc) is 2.79. The Morgan fingerprint density at radius 1 is 1.41 bits per heavy atom. The Kier molecular flexibility index (Phi) is 4.06. The van der Waals surface area contributed by atoms with Gasteiger partial charge in [-0.15, -0.1) is 11.3 Å². The first-order chi connectivity index (χ1) is 8.31. The number of ether oxygens (including phenoxy) is 1. The van der Waals surface area contributed by atoms with Crippen LogP contribution in [0, 0.1) is 5.82 Å². The molecule has 0 spiro atoms. The topological polar surface area (TPSA) is 34.1 Å². The maximum Gasteiger partial charge on any atom is 0.183 e. The minimum Gasteiger partial charge on any atom is -0.383 e. The normalized spacial score (nSPS) is 10.5. The van der Waals surface area contributed by atoms with Crippen LogP contribution in [-0.2, 0) is 4.74 Å². The van der Waals surface area contributed by atoms with Crippen LogP contribution in [0.25, 0.3) is 11.3 Å². The number of anilines is 1. The van der Waals surface area contributed by atoms with E-state index >= 15 is 0 Å². The first-order valence-corrected chi connectivity index (χ1v) is 6.12. The van der Waals surface area contributed by atoms with Gasteiger partial charge in [0.05, 0.1) is 12.3 Å². The standard InChI is InChI=1S/C12H13FN2OS/c1-16-7-6-14-12-15-11(8-17-12)9-4-2-3-5-10(9)13/h2-5,8H,6-7H2,1H3,(H,14,15). The first kappa shape index (κ1) is 12.0. The molecule has 0 aliphatic heterocycles. The summed E-state index contributed by atoms with van der Waals surface area (Å²) in [6.45, 7) is 1.31. The number of hydrogen-bond donors (Lipinski definition) is 1. The molecule has 0 fully saturated rings. The van der Waals surface area contributed by atoms with Gasteiger partial charge >= 0.3 is 0 Å². The van der Waals surface area contributed by atoms with E-state index in [4.69, 9.17) is 4.74 Å². The summed E-state index contributed by atoms with van der Waals surface area (Å²) in [5.41, 5.74) is 1.19. The van der Waals surface area contributed by atoms with Gasteiger partial charge in [0.25, 0.3) is 0 Å². The van der Waals surface area contributed by atoms with Crippen molar-refractivity contribution in [2.24, 2.45) is 0 Å². The van der Waals surface area contributed by atoms with Crippen molar-refractivity contribution < 1.29 is 9.13 Å². The summed E-state index contributed by atoms with van der Waals surface area (Å²) in [4.78, 5) is 4.32. The summed E-state index contributed by atoms with van der Waals surface area (Å²) in [5.74, 6) is -0.249. The second-order valence-corrected chi connectivity index (χ2v) is 4.30. The Morgan fingerprint density at radius 3 is 3.00 bits per heavy atom. The van der Waals surface area contributed by atoms with Crippen molar-refractivity contribution >= 4 is 16.5 Å². The SMILES string of the molecule is COCCNc1nc(-c2ccccc2F)cs1. The van der Waals surface area contributed by atoms with Gasteiger partial charge in [0, 0.05) is 24.6 Å². The van der Waals surface area contributed by atoms with Crippen molar-refractivity contribution in [1.29, 1.82) is 0 Å². The zero-order valence-electron chi connectivity index (χ0n) is 9.44. The van der Waals surface area contributed by atoms with E-state index < -0.39 is 0 Å². The Balaban J connectivity index is 2.10. The molecule has 17 heavy (non-hydrogen) atoms. The monoisotopic (exact) mass is 252 g/mol. The molecule has 0 atom stereocenters. The van der Waals surface area contributed by atoms with Gasteiger partial charge in [0.1, 0.15) is 5.82 Å². The molecule has 0 amide bonds. The van der Waals surface area contributed by atoms with Crippen LogP contribution in [0.4, 0.5) is 9.52 Å². The van der Waals surface area contributed by atoms with Crippen LogP contribution in [0.1, 0.15) is 0 Å². The highest BCUT2D eigenvalue weighted by molar-refractivity contribution is 7.14. The van der Waals surface area contributed by atoms with Gasteiger partial charge in [-0.3, -0.25) is 0 Å². The lowest BCUT2D eigenvalue weighted by atomic mass is 10.2. The summed E-state index contributed by atoms with van der Waals surface area (Å²) in [5, 5.41) is 5.73. The van der Waals surface area contributed by atoms with Crippen LogP contribution in [0.15, 0.2) is 29.6 Å². The number of rotatable bonds is 5. The highest BCUT2D eigenvalue weighted by Crippen LogP contribution is 2.26. The number of hydrogen-bond acceptors (Lipinski definition) is 4. The van der Waals surface area contributed by atoms with Crippen LogP contribution in [-0.4, -0.2) is 25.2 Å². The van der Waals surface area contributed by atoms with E-state index in [2.05, 4.69) is 10.3 Å². The number of nitrogens with zero attached hydrogens (tertiary/aromatic N) is 1. The van der Waals surface area contributed by atoms with Gasteiger partial charge in [0.15, 0.2) is 5.13 Å². The molecule has 90 valence electrons. The Hall–Kier alpha value is -1.46. The number of halogens is 1. The van der Waals surface area contributed by atoms with Crippen LogP contribution in [0.5, 0.6) is 0 Å². The minimum atomic E-state index is -0.249. The van der Waals surface area contributed by atoms with Crippen LogP contribution in [0.2, 0.25) is 0 Å². The van der Waals surface area contributed by atoms with Crippen molar-refractivity contribution in [3.63, 3.8) is 0 Å². The molecule has 1 heterocycles. The second kappa shape index (κ2) is 5.75. The third-order valence-corrected chi connectivity index (χ3v) is 3.04. The van der Waals surface area contributed by atoms with Crippen molar-refractivity contribution in [2.45, 2.75) is 0 Å². The third kappa shape index (κ3) is 3.01. The molecule has 2 aromatic rings. The van der Waals surface area contributed by atoms with Gasteiger partial charge in [-0.05, 0) is 12.1 Å². The predicted molar refractivity (Wildman–Crippen MR) is 67.9 cm³/mol. The molecule has 0 bridgehead atoms. The van der Waals surface area contributed by atoms with Gasteiger partial charge in [-0.25, -0.2) is 9.37 Å². The maximum absolute atomic E-state index is 13.5.